The van der Waals surface area contributed by atoms with Crippen LogP contribution >= 0.6 is 0 Å². The van der Waals surface area contributed by atoms with Crippen LogP contribution in [0.2, 0.25) is 0 Å². The van der Waals surface area contributed by atoms with E-state index in [1.807, 2.05) is 22.9 Å². The first-order valence-electron chi connectivity index (χ1n) is 9.37. The minimum absolute atomic E-state index is 0.270. The van der Waals surface area contributed by atoms with Crippen LogP contribution in [0.4, 0.5) is 16.2 Å². The summed E-state index contributed by atoms with van der Waals surface area (Å²) in [5.41, 5.74) is 2.35. The molecule has 0 atom stereocenters. The largest absolute Gasteiger partial charge is 0.450 e. The Morgan fingerprint density at radius 3 is 2.62 bits per heavy atom. The highest BCUT2D eigenvalue weighted by Crippen LogP contribution is 2.36. The second-order valence-electron chi connectivity index (χ2n) is 6.64. The quantitative estimate of drug-likeness (QED) is 0.664. The lowest BCUT2D eigenvalue weighted by Crippen LogP contribution is -2.15. The number of anilines is 2. The van der Waals surface area contributed by atoms with Crippen LogP contribution < -0.4 is 10.6 Å². The maximum absolute atomic E-state index is 12.7. The van der Waals surface area contributed by atoms with Gasteiger partial charge in [0.15, 0.2) is 5.82 Å². The maximum Gasteiger partial charge on any atom is 0.411 e. The Hall–Kier alpha value is -3.75. The number of carbonyl (C=O) groups is 2. The average molecular weight is 392 g/mol. The second kappa shape index (κ2) is 8.09. The number of tetrazole rings is 1. The van der Waals surface area contributed by atoms with Gasteiger partial charge >= 0.3 is 6.09 Å². The lowest BCUT2D eigenvalue weighted by molar-refractivity contribution is 0.102. The van der Waals surface area contributed by atoms with Crippen molar-refractivity contribution in [2.75, 3.05) is 17.2 Å². The number of carbonyl (C=O) groups excluding carboxylic acids is 2. The van der Waals surface area contributed by atoms with Crippen LogP contribution in [0.5, 0.6) is 0 Å². The average Bonchev–Trinajstić information content (AvgIpc) is 3.45. The van der Waals surface area contributed by atoms with E-state index < -0.39 is 6.09 Å². The highest BCUT2D eigenvalue weighted by molar-refractivity contribution is 6.05. The molecule has 29 heavy (non-hydrogen) atoms. The molecule has 2 amide bonds. The van der Waals surface area contributed by atoms with E-state index in [4.69, 9.17) is 4.74 Å². The predicted octanol–water partition coefficient (Wildman–Crippen LogP) is 3.50. The highest BCUT2D eigenvalue weighted by atomic mass is 16.5. The molecule has 9 nitrogen and oxygen atoms in total. The van der Waals surface area contributed by atoms with Crippen LogP contribution in [0.3, 0.4) is 0 Å². The molecule has 0 radical (unpaired) electrons. The van der Waals surface area contributed by atoms with E-state index >= 15 is 0 Å². The van der Waals surface area contributed by atoms with Gasteiger partial charge in [-0.25, -0.2) is 9.48 Å². The van der Waals surface area contributed by atoms with Gasteiger partial charge in [-0.2, -0.15) is 0 Å². The molecular formula is C20H20N6O3. The lowest BCUT2D eigenvalue weighted by Gasteiger charge is -2.09. The molecule has 1 aliphatic rings. The van der Waals surface area contributed by atoms with Crippen molar-refractivity contribution in [2.45, 2.75) is 25.8 Å². The Morgan fingerprint density at radius 1 is 1.10 bits per heavy atom. The van der Waals surface area contributed by atoms with Gasteiger partial charge in [-0.15, -0.1) is 5.10 Å². The van der Waals surface area contributed by atoms with Gasteiger partial charge in [0.2, 0.25) is 0 Å². The maximum atomic E-state index is 12.7. The second-order valence-corrected chi connectivity index (χ2v) is 6.64. The fourth-order valence-electron chi connectivity index (χ4n) is 2.91. The predicted molar refractivity (Wildman–Crippen MR) is 107 cm³/mol. The molecule has 1 aliphatic carbocycles. The molecule has 9 heteroatoms. The molecule has 0 spiro atoms. The molecule has 3 aromatic rings. The SMILES string of the molecule is CCOC(=O)Nc1cccc(C(=O)Nc2cccc(-c3nnnn3C3CC3)c2)c1. The van der Waals surface area contributed by atoms with Crippen molar-refractivity contribution in [3.05, 3.63) is 54.1 Å². The van der Waals surface area contributed by atoms with Crippen LogP contribution in [-0.4, -0.2) is 38.8 Å². The van der Waals surface area contributed by atoms with Crippen LogP contribution in [0.1, 0.15) is 36.2 Å². The van der Waals surface area contributed by atoms with Crippen molar-refractivity contribution in [3.63, 3.8) is 0 Å². The van der Waals surface area contributed by atoms with Crippen molar-refractivity contribution >= 4 is 23.4 Å². The van der Waals surface area contributed by atoms with E-state index in [0.717, 1.165) is 18.4 Å². The van der Waals surface area contributed by atoms with E-state index in [0.29, 0.717) is 28.8 Å². The summed E-state index contributed by atoms with van der Waals surface area (Å²) in [5, 5.41) is 17.4. The number of hydrogen-bond donors (Lipinski definition) is 2. The third-order valence-corrected chi connectivity index (χ3v) is 4.41. The van der Waals surface area contributed by atoms with Crippen LogP contribution in [-0.2, 0) is 4.74 Å². The Bertz CT molecular complexity index is 1040. The number of benzene rings is 2. The first-order chi connectivity index (χ1) is 14.1. The first-order valence-corrected chi connectivity index (χ1v) is 9.37. The monoisotopic (exact) mass is 392 g/mol. The fraction of sp³-hybridized carbons (Fsp3) is 0.250. The number of amides is 2. The summed E-state index contributed by atoms with van der Waals surface area (Å²) in [6.07, 6.45) is 1.58. The number of aromatic nitrogens is 4. The normalized spacial score (nSPS) is 13.0. The zero-order valence-electron chi connectivity index (χ0n) is 15.8. The molecule has 1 heterocycles. The Morgan fingerprint density at radius 2 is 1.86 bits per heavy atom. The number of nitrogens with zero attached hydrogens (tertiary/aromatic N) is 4. The summed E-state index contributed by atoms with van der Waals surface area (Å²) in [5.74, 6) is 0.390. The Kier molecular flexibility index (Phi) is 5.19. The summed E-state index contributed by atoms with van der Waals surface area (Å²) in [4.78, 5) is 24.2. The van der Waals surface area contributed by atoms with E-state index in [9.17, 15) is 9.59 Å². The number of ether oxygens (including phenoxy) is 1. The van der Waals surface area contributed by atoms with Gasteiger partial charge in [-0.05, 0) is 60.5 Å². The van der Waals surface area contributed by atoms with Gasteiger partial charge in [0.25, 0.3) is 5.91 Å². The zero-order chi connectivity index (χ0) is 20.2. The topological polar surface area (TPSA) is 111 Å². The van der Waals surface area contributed by atoms with Gasteiger partial charge in [0.1, 0.15) is 0 Å². The molecule has 0 bridgehead atoms. The van der Waals surface area contributed by atoms with Crippen molar-refractivity contribution in [1.82, 2.24) is 20.2 Å². The van der Waals surface area contributed by atoms with Crippen LogP contribution in [0.15, 0.2) is 48.5 Å². The summed E-state index contributed by atoms with van der Waals surface area (Å²) >= 11 is 0. The molecule has 2 aromatic carbocycles. The lowest BCUT2D eigenvalue weighted by atomic mass is 10.1. The molecule has 0 aliphatic heterocycles. The smallest absolute Gasteiger partial charge is 0.411 e. The van der Waals surface area contributed by atoms with Gasteiger partial charge in [-0.3, -0.25) is 10.1 Å². The van der Waals surface area contributed by atoms with Gasteiger partial charge in [-0.1, -0.05) is 18.2 Å². The molecule has 0 saturated heterocycles. The summed E-state index contributed by atoms with van der Waals surface area (Å²) in [6.45, 7) is 1.99. The minimum Gasteiger partial charge on any atom is -0.450 e. The number of hydrogen-bond acceptors (Lipinski definition) is 6. The standard InChI is InChI=1S/C20H20N6O3/c1-2-29-20(28)22-16-8-4-6-14(12-16)19(27)21-15-7-3-5-13(11-15)18-23-24-25-26(18)17-9-10-17/h3-8,11-12,17H,2,9-10H2,1H3,(H,21,27)(H,22,28). The summed E-state index contributed by atoms with van der Waals surface area (Å²) in [6, 6.07) is 14.4. The molecule has 148 valence electrons. The van der Waals surface area contributed by atoms with Crippen LogP contribution in [0, 0.1) is 0 Å². The van der Waals surface area contributed by atoms with Crippen molar-refractivity contribution in [1.29, 1.82) is 0 Å². The summed E-state index contributed by atoms with van der Waals surface area (Å²) in [7, 11) is 0. The van der Waals surface area contributed by atoms with Gasteiger partial charge in [0, 0.05) is 22.5 Å². The molecule has 1 aromatic heterocycles. The first kappa shape index (κ1) is 18.6. The van der Waals surface area contributed by atoms with Crippen molar-refractivity contribution in [2.24, 2.45) is 0 Å². The van der Waals surface area contributed by atoms with Gasteiger partial charge < -0.3 is 10.1 Å². The van der Waals surface area contributed by atoms with E-state index in [1.165, 1.54) is 0 Å². The van der Waals surface area contributed by atoms with E-state index in [2.05, 4.69) is 26.2 Å². The Labute approximate surface area is 167 Å². The summed E-state index contributed by atoms with van der Waals surface area (Å²) < 4.78 is 6.68. The molecule has 1 saturated carbocycles. The Balaban J connectivity index is 1.49. The third kappa shape index (κ3) is 4.40. The highest BCUT2D eigenvalue weighted by Gasteiger charge is 2.28. The zero-order valence-corrected chi connectivity index (χ0v) is 15.8. The molecule has 4 rings (SSSR count). The van der Waals surface area contributed by atoms with Crippen molar-refractivity contribution in [3.8, 4) is 11.4 Å². The van der Waals surface area contributed by atoms with Crippen molar-refractivity contribution < 1.29 is 14.3 Å². The molecular weight excluding hydrogens is 372 g/mol. The molecule has 2 N–H and O–H groups in total. The third-order valence-electron chi connectivity index (χ3n) is 4.41. The molecule has 1 fully saturated rings. The van der Waals surface area contributed by atoms with E-state index in [1.54, 1.807) is 37.3 Å². The fourth-order valence-corrected chi connectivity index (χ4v) is 2.91. The van der Waals surface area contributed by atoms with Crippen LogP contribution in [0.25, 0.3) is 11.4 Å². The number of rotatable bonds is 6. The van der Waals surface area contributed by atoms with E-state index in [-0.39, 0.29) is 12.5 Å². The van der Waals surface area contributed by atoms with Gasteiger partial charge in [0.05, 0.1) is 12.6 Å². The number of nitrogens with one attached hydrogen (secondary N) is 2. The molecule has 0 unspecified atom stereocenters. The minimum atomic E-state index is -0.564.